The first-order valence-electron chi connectivity index (χ1n) is 8.26. The second-order valence-electron chi connectivity index (χ2n) is 5.79. The molecule has 4 rings (SSSR count). The number of aromatic nitrogens is 2. The Balaban J connectivity index is 1.50. The Hall–Kier alpha value is -3.25. The molecule has 0 aliphatic heterocycles. The van der Waals surface area contributed by atoms with Crippen molar-refractivity contribution in [3.8, 4) is 22.9 Å². The average Bonchev–Trinajstić information content (AvgIpc) is 3.20. The molecule has 1 aromatic heterocycles. The van der Waals surface area contributed by atoms with Crippen molar-refractivity contribution in [2.75, 3.05) is 5.32 Å². The molecule has 0 saturated heterocycles. The molecule has 3 aromatic carbocycles. The van der Waals surface area contributed by atoms with Gasteiger partial charge in [-0.15, -0.1) is 10.2 Å². The molecule has 6 heteroatoms. The van der Waals surface area contributed by atoms with Gasteiger partial charge in [0.2, 0.25) is 11.8 Å². The summed E-state index contributed by atoms with van der Waals surface area (Å²) in [6.45, 7) is 0. The molecule has 0 atom stereocenters. The van der Waals surface area contributed by atoms with E-state index in [9.17, 15) is 4.79 Å². The second kappa shape index (κ2) is 7.55. The van der Waals surface area contributed by atoms with Crippen molar-refractivity contribution in [2.45, 2.75) is 0 Å². The Morgan fingerprint density at radius 2 is 1.37 bits per heavy atom. The number of anilines is 1. The Labute approximate surface area is 164 Å². The summed E-state index contributed by atoms with van der Waals surface area (Å²) in [6, 6.07) is 24.1. The molecule has 0 fully saturated rings. The number of nitrogens with one attached hydrogen (secondary N) is 1. The fourth-order valence-electron chi connectivity index (χ4n) is 2.58. The minimum absolute atomic E-state index is 0.181. The summed E-state index contributed by atoms with van der Waals surface area (Å²) in [6.07, 6.45) is 0. The topological polar surface area (TPSA) is 68.0 Å². The normalized spacial score (nSPS) is 10.6. The molecule has 0 unspecified atom stereocenters. The van der Waals surface area contributed by atoms with E-state index < -0.39 is 0 Å². The first-order chi connectivity index (χ1) is 13.2. The number of amides is 1. The van der Waals surface area contributed by atoms with Gasteiger partial charge in [-0.25, -0.2) is 0 Å². The summed E-state index contributed by atoms with van der Waals surface area (Å²) in [4.78, 5) is 12.4. The summed E-state index contributed by atoms with van der Waals surface area (Å²) >= 11 is 3.39. The third-order valence-corrected chi connectivity index (χ3v) is 4.65. The van der Waals surface area contributed by atoms with Crippen LogP contribution in [-0.4, -0.2) is 16.1 Å². The highest BCUT2D eigenvalue weighted by Gasteiger charge is 2.12. The summed E-state index contributed by atoms with van der Waals surface area (Å²) < 4.78 is 6.49. The van der Waals surface area contributed by atoms with Gasteiger partial charge in [0, 0.05) is 21.3 Å². The molecule has 0 aliphatic rings. The van der Waals surface area contributed by atoms with Gasteiger partial charge in [-0.2, -0.15) is 0 Å². The lowest BCUT2D eigenvalue weighted by Crippen LogP contribution is -2.12. The van der Waals surface area contributed by atoms with Gasteiger partial charge in [0.1, 0.15) is 0 Å². The van der Waals surface area contributed by atoms with Gasteiger partial charge in [0.05, 0.1) is 5.56 Å². The first-order valence-corrected chi connectivity index (χ1v) is 9.05. The number of hydrogen-bond donors (Lipinski definition) is 1. The molecule has 0 radical (unpaired) electrons. The zero-order chi connectivity index (χ0) is 18.6. The Kier molecular flexibility index (Phi) is 4.80. The molecule has 4 aromatic rings. The number of nitrogens with zero attached hydrogens (tertiary/aromatic N) is 2. The smallest absolute Gasteiger partial charge is 0.256 e. The van der Waals surface area contributed by atoms with E-state index in [0.29, 0.717) is 23.0 Å². The van der Waals surface area contributed by atoms with Crippen LogP contribution >= 0.6 is 15.9 Å². The standard InChI is InChI=1S/C21H14BrN3O2/c22-18-9-5-4-8-17(18)19(26)23-16-12-10-15(11-13-16)21-25-24-20(27-21)14-6-2-1-3-7-14/h1-13H,(H,23,26). The van der Waals surface area contributed by atoms with Gasteiger partial charge in [0.25, 0.3) is 5.91 Å². The van der Waals surface area contributed by atoms with E-state index in [-0.39, 0.29) is 5.91 Å². The summed E-state index contributed by atoms with van der Waals surface area (Å²) in [5.41, 5.74) is 2.91. The van der Waals surface area contributed by atoms with Crippen LogP contribution in [0.25, 0.3) is 22.9 Å². The molecular formula is C21H14BrN3O2. The Bertz CT molecular complexity index is 1080. The number of hydrogen-bond acceptors (Lipinski definition) is 4. The van der Waals surface area contributed by atoms with Gasteiger partial charge >= 0.3 is 0 Å². The number of benzene rings is 3. The van der Waals surface area contributed by atoms with Crippen LogP contribution in [0.15, 0.2) is 87.8 Å². The number of carbonyl (C=O) groups excluding carboxylic acids is 1. The quantitative estimate of drug-likeness (QED) is 0.479. The zero-order valence-electron chi connectivity index (χ0n) is 14.1. The van der Waals surface area contributed by atoms with Crippen molar-refractivity contribution in [2.24, 2.45) is 0 Å². The van der Waals surface area contributed by atoms with Crippen molar-refractivity contribution in [3.63, 3.8) is 0 Å². The van der Waals surface area contributed by atoms with Crippen LogP contribution in [0.5, 0.6) is 0 Å². The van der Waals surface area contributed by atoms with E-state index >= 15 is 0 Å². The third-order valence-electron chi connectivity index (χ3n) is 3.95. The fourth-order valence-corrected chi connectivity index (χ4v) is 3.04. The van der Waals surface area contributed by atoms with Crippen molar-refractivity contribution in [3.05, 3.63) is 88.9 Å². The van der Waals surface area contributed by atoms with Crippen LogP contribution in [0.1, 0.15) is 10.4 Å². The third kappa shape index (κ3) is 3.80. The molecule has 132 valence electrons. The second-order valence-corrected chi connectivity index (χ2v) is 6.64. The lowest BCUT2D eigenvalue weighted by molar-refractivity contribution is 0.102. The maximum atomic E-state index is 12.4. The van der Waals surface area contributed by atoms with Gasteiger partial charge in [-0.3, -0.25) is 4.79 Å². The summed E-state index contributed by atoms with van der Waals surface area (Å²) in [5, 5.41) is 11.1. The molecule has 5 nitrogen and oxygen atoms in total. The number of rotatable bonds is 4. The fraction of sp³-hybridized carbons (Fsp3) is 0. The zero-order valence-corrected chi connectivity index (χ0v) is 15.7. The predicted octanol–water partition coefficient (Wildman–Crippen LogP) is 5.42. The minimum atomic E-state index is -0.181. The number of halogens is 1. The Morgan fingerprint density at radius 3 is 2.04 bits per heavy atom. The van der Waals surface area contributed by atoms with E-state index in [1.54, 1.807) is 18.2 Å². The highest BCUT2D eigenvalue weighted by atomic mass is 79.9. The lowest BCUT2D eigenvalue weighted by Gasteiger charge is -2.07. The summed E-state index contributed by atoms with van der Waals surface area (Å²) in [5.74, 6) is 0.716. The van der Waals surface area contributed by atoms with Crippen LogP contribution in [-0.2, 0) is 0 Å². The van der Waals surface area contributed by atoms with Crippen molar-refractivity contribution >= 4 is 27.5 Å². The van der Waals surface area contributed by atoms with Crippen LogP contribution < -0.4 is 5.32 Å². The Morgan fingerprint density at radius 1 is 0.778 bits per heavy atom. The van der Waals surface area contributed by atoms with Crippen LogP contribution in [0.4, 0.5) is 5.69 Å². The van der Waals surface area contributed by atoms with Gasteiger partial charge in [-0.1, -0.05) is 30.3 Å². The highest BCUT2D eigenvalue weighted by Crippen LogP contribution is 2.25. The molecule has 1 heterocycles. The molecule has 0 saturated carbocycles. The maximum absolute atomic E-state index is 12.4. The van der Waals surface area contributed by atoms with Crippen LogP contribution in [0, 0.1) is 0 Å². The van der Waals surface area contributed by atoms with E-state index in [1.807, 2.05) is 60.7 Å². The first kappa shape index (κ1) is 17.2. The highest BCUT2D eigenvalue weighted by molar-refractivity contribution is 9.10. The van der Waals surface area contributed by atoms with Crippen LogP contribution in [0.2, 0.25) is 0 Å². The molecule has 0 aliphatic carbocycles. The molecular weight excluding hydrogens is 406 g/mol. The minimum Gasteiger partial charge on any atom is -0.416 e. The van der Waals surface area contributed by atoms with Crippen molar-refractivity contribution in [1.29, 1.82) is 0 Å². The monoisotopic (exact) mass is 419 g/mol. The lowest BCUT2D eigenvalue weighted by atomic mass is 10.2. The van der Waals surface area contributed by atoms with E-state index in [4.69, 9.17) is 4.42 Å². The van der Waals surface area contributed by atoms with Crippen molar-refractivity contribution < 1.29 is 9.21 Å². The molecule has 0 bridgehead atoms. The van der Waals surface area contributed by atoms with Gasteiger partial charge in [0.15, 0.2) is 0 Å². The largest absolute Gasteiger partial charge is 0.416 e. The average molecular weight is 420 g/mol. The SMILES string of the molecule is O=C(Nc1ccc(-c2nnc(-c3ccccc3)o2)cc1)c1ccccc1Br. The van der Waals surface area contributed by atoms with Crippen LogP contribution in [0.3, 0.4) is 0 Å². The molecule has 1 amide bonds. The maximum Gasteiger partial charge on any atom is 0.256 e. The molecule has 0 spiro atoms. The van der Waals surface area contributed by atoms with Gasteiger partial charge in [-0.05, 0) is 64.5 Å². The van der Waals surface area contributed by atoms with Crippen molar-refractivity contribution in [1.82, 2.24) is 10.2 Å². The molecule has 27 heavy (non-hydrogen) atoms. The summed E-state index contributed by atoms with van der Waals surface area (Å²) in [7, 11) is 0. The predicted molar refractivity (Wildman–Crippen MR) is 107 cm³/mol. The number of carbonyl (C=O) groups is 1. The van der Waals surface area contributed by atoms with E-state index in [0.717, 1.165) is 15.6 Å². The van der Waals surface area contributed by atoms with Gasteiger partial charge < -0.3 is 9.73 Å². The van der Waals surface area contributed by atoms with E-state index in [2.05, 4.69) is 31.4 Å². The van der Waals surface area contributed by atoms with E-state index in [1.165, 1.54) is 0 Å². The molecule has 1 N–H and O–H groups in total.